The van der Waals surface area contributed by atoms with Crippen molar-refractivity contribution in [2.24, 2.45) is 0 Å². The Balaban J connectivity index is 1.50. The van der Waals surface area contributed by atoms with Crippen molar-refractivity contribution in [2.45, 2.75) is 24.5 Å². The zero-order chi connectivity index (χ0) is 21.3. The molecule has 0 spiro atoms. The number of hydrogen-bond acceptors (Lipinski definition) is 8. The fraction of sp³-hybridized carbons (Fsp3) is 0.278. The quantitative estimate of drug-likeness (QED) is 0.298. The molecule has 0 saturated carbocycles. The Bertz CT molecular complexity index is 1460. The van der Waals surface area contributed by atoms with E-state index in [4.69, 9.17) is 37.8 Å². The summed E-state index contributed by atoms with van der Waals surface area (Å²) in [5, 5.41) is 10.9. The van der Waals surface area contributed by atoms with Gasteiger partial charge in [-0.3, -0.25) is 9.36 Å². The predicted octanol–water partition coefficient (Wildman–Crippen LogP) is 2.15. The van der Waals surface area contributed by atoms with Gasteiger partial charge in [0, 0.05) is 6.20 Å². The maximum Gasteiger partial charge on any atom is 0.522 e. The second-order valence-electron chi connectivity index (χ2n) is 7.29. The van der Waals surface area contributed by atoms with Gasteiger partial charge in [0.1, 0.15) is 18.8 Å². The highest BCUT2D eigenvalue weighted by Gasteiger charge is 2.53. The molecular formula is C18H15N5O5PS2+. The number of aliphatic hydroxyl groups excluding tert-OH is 1. The number of aromatic amines is 2. The number of fused-ring (bicyclic) bond motifs is 3. The van der Waals surface area contributed by atoms with E-state index in [9.17, 15) is 9.90 Å². The molecule has 4 aromatic rings. The molecule has 31 heavy (non-hydrogen) atoms. The SMILES string of the molecule is O=c1c2[nH]c(=S)n([C@@H]3OC4CO[P+](=S)O[C@H]4C3O)c2nc2[nH]c(-c3ccccc3)cn12. The van der Waals surface area contributed by atoms with Crippen LogP contribution in [0.15, 0.2) is 41.3 Å². The minimum Gasteiger partial charge on any atom is -0.385 e. The molecule has 2 saturated heterocycles. The number of nitrogens with zero attached hydrogens (tertiary/aromatic N) is 3. The van der Waals surface area contributed by atoms with E-state index in [0.29, 0.717) is 5.78 Å². The van der Waals surface area contributed by atoms with Crippen molar-refractivity contribution in [1.82, 2.24) is 23.9 Å². The van der Waals surface area contributed by atoms with E-state index in [1.54, 1.807) is 6.20 Å². The molecule has 3 unspecified atom stereocenters. The second kappa shape index (κ2) is 7.10. The summed E-state index contributed by atoms with van der Waals surface area (Å²) in [5.74, 6) is 0.345. The van der Waals surface area contributed by atoms with Crippen molar-refractivity contribution in [3.63, 3.8) is 0 Å². The summed E-state index contributed by atoms with van der Waals surface area (Å²) in [7, 11) is -1.49. The number of imidazole rings is 2. The van der Waals surface area contributed by atoms with E-state index < -0.39 is 31.7 Å². The Morgan fingerprint density at radius 1 is 1.26 bits per heavy atom. The molecule has 0 bridgehead atoms. The highest BCUT2D eigenvalue weighted by molar-refractivity contribution is 8.00. The zero-order valence-corrected chi connectivity index (χ0v) is 18.2. The summed E-state index contributed by atoms with van der Waals surface area (Å²) in [6.07, 6.45) is -1.37. The van der Waals surface area contributed by atoms with Crippen LogP contribution in [0.1, 0.15) is 6.23 Å². The molecule has 0 aliphatic carbocycles. The van der Waals surface area contributed by atoms with Crippen molar-refractivity contribution < 1.29 is 18.9 Å². The van der Waals surface area contributed by atoms with Crippen LogP contribution in [-0.4, -0.2) is 53.9 Å². The molecular weight excluding hydrogens is 461 g/mol. The van der Waals surface area contributed by atoms with Gasteiger partial charge in [0.25, 0.3) is 5.56 Å². The van der Waals surface area contributed by atoms with Crippen molar-refractivity contribution in [3.8, 4) is 11.3 Å². The number of rotatable bonds is 2. The standard InChI is InChI=1S/C18H14N5O5PS2/c24-12-13-10(7-26-29(31)28-13)27-16(12)23-14-11(20-18(23)30)15(25)22-6-9(19-17(22)21-14)8-4-2-1-3-5-8/h1-6,10,12-13,16,24H,7H2,(H-,19,20,21,25,30)/p+1/t10?,12?,13-,16-/m1/s1. The van der Waals surface area contributed by atoms with Gasteiger partial charge in [-0.1, -0.05) is 30.3 Å². The van der Waals surface area contributed by atoms with Crippen LogP contribution >= 0.6 is 19.4 Å². The van der Waals surface area contributed by atoms with Gasteiger partial charge in [-0.2, -0.15) is 4.98 Å². The minimum absolute atomic E-state index is 0.209. The van der Waals surface area contributed by atoms with Crippen LogP contribution in [0, 0.1) is 4.77 Å². The Morgan fingerprint density at radius 2 is 2.06 bits per heavy atom. The third-order valence-corrected chi connectivity index (χ3v) is 7.13. The van der Waals surface area contributed by atoms with E-state index in [1.165, 1.54) is 8.97 Å². The van der Waals surface area contributed by atoms with Crippen LogP contribution < -0.4 is 5.56 Å². The number of aliphatic hydroxyl groups is 1. The average Bonchev–Trinajstić information content (AvgIpc) is 3.43. The topological polar surface area (TPSA) is 119 Å². The van der Waals surface area contributed by atoms with Gasteiger partial charge in [0.05, 0.1) is 5.69 Å². The smallest absolute Gasteiger partial charge is 0.385 e. The highest BCUT2D eigenvalue weighted by atomic mass is 32.4. The molecule has 0 amide bonds. The number of ether oxygens (including phenoxy) is 1. The molecule has 2 aliphatic heterocycles. The van der Waals surface area contributed by atoms with Crippen LogP contribution in [0.3, 0.4) is 0 Å². The molecule has 3 N–H and O–H groups in total. The van der Waals surface area contributed by atoms with Crippen LogP contribution in [0.4, 0.5) is 0 Å². The average molecular weight is 476 g/mol. The largest absolute Gasteiger partial charge is 0.522 e. The summed E-state index contributed by atoms with van der Waals surface area (Å²) >= 11 is 10.5. The van der Waals surface area contributed by atoms with E-state index in [0.717, 1.165) is 11.3 Å². The predicted molar refractivity (Wildman–Crippen MR) is 117 cm³/mol. The number of H-pyrrole nitrogens is 2. The third-order valence-electron chi connectivity index (χ3n) is 5.48. The fourth-order valence-corrected chi connectivity index (χ4v) is 5.58. The van der Waals surface area contributed by atoms with Gasteiger partial charge in [0.2, 0.25) is 17.6 Å². The van der Waals surface area contributed by atoms with Gasteiger partial charge in [-0.25, -0.2) is 4.40 Å². The first-order chi connectivity index (χ1) is 15.0. The second-order valence-corrected chi connectivity index (χ2v) is 9.49. The lowest BCUT2D eigenvalue weighted by atomic mass is 10.1. The highest BCUT2D eigenvalue weighted by Crippen LogP contribution is 2.43. The van der Waals surface area contributed by atoms with E-state index in [-0.39, 0.29) is 28.1 Å². The molecule has 5 heterocycles. The Kier molecular flexibility index (Phi) is 4.44. The molecule has 2 aliphatic rings. The molecule has 6 rings (SSSR count). The number of hydrogen-bond donors (Lipinski definition) is 3. The van der Waals surface area contributed by atoms with Gasteiger partial charge < -0.3 is 19.8 Å². The van der Waals surface area contributed by atoms with Crippen molar-refractivity contribution in [1.29, 1.82) is 0 Å². The molecule has 0 radical (unpaired) electrons. The summed E-state index contributed by atoms with van der Waals surface area (Å²) < 4.78 is 20.0. The van der Waals surface area contributed by atoms with E-state index >= 15 is 0 Å². The number of benzene rings is 1. The van der Waals surface area contributed by atoms with Gasteiger partial charge >= 0.3 is 7.15 Å². The Labute approximate surface area is 185 Å². The lowest BCUT2D eigenvalue weighted by Gasteiger charge is -2.17. The van der Waals surface area contributed by atoms with Crippen LogP contribution in [0.2, 0.25) is 0 Å². The number of nitrogens with one attached hydrogen (secondary N) is 2. The fourth-order valence-electron chi connectivity index (χ4n) is 4.02. The lowest BCUT2D eigenvalue weighted by molar-refractivity contribution is -0.0528. The maximum absolute atomic E-state index is 13.1. The third kappa shape index (κ3) is 2.95. The van der Waals surface area contributed by atoms with Gasteiger partial charge in [0.15, 0.2) is 28.3 Å². The first-order valence-electron chi connectivity index (χ1n) is 9.43. The summed E-state index contributed by atoms with van der Waals surface area (Å²) in [5.41, 5.74) is 1.84. The summed E-state index contributed by atoms with van der Waals surface area (Å²) in [4.78, 5) is 23.8. The monoisotopic (exact) mass is 476 g/mol. The van der Waals surface area contributed by atoms with Crippen molar-refractivity contribution in [2.75, 3.05) is 6.61 Å². The van der Waals surface area contributed by atoms with E-state index in [2.05, 4.69) is 15.0 Å². The lowest BCUT2D eigenvalue weighted by Crippen LogP contribution is -2.37. The molecule has 5 atom stereocenters. The molecule has 2 fully saturated rings. The Hall–Kier alpha value is -2.31. The van der Waals surface area contributed by atoms with Crippen LogP contribution in [0.25, 0.3) is 28.2 Å². The number of aromatic nitrogens is 5. The first kappa shape index (κ1) is 19.4. The Morgan fingerprint density at radius 3 is 2.87 bits per heavy atom. The minimum atomic E-state index is -1.49. The van der Waals surface area contributed by atoms with Crippen molar-refractivity contribution in [3.05, 3.63) is 51.7 Å². The van der Waals surface area contributed by atoms with Crippen LogP contribution in [0.5, 0.6) is 0 Å². The summed E-state index contributed by atoms with van der Waals surface area (Å²) in [6, 6.07) is 9.62. The molecule has 3 aromatic heterocycles. The first-order valence-corrected chi connectivity index (χ1v) is 12.0. The maximum atomic E-state index is 13.1. The van der Waals surface area contributed by atoms with Gasteiger partial charge in [-0.15, -0.1) is 9.05 Å². The van der Waals surface area contributed by atoms with Gasteiger partial charge in [-0.05, 0) is 17.8 Å². The molecule has 158 valence electrons. The van der Waals surface area contributed by atoms with Crippen molar-refractivity contribution >= 4 is 48.1 Å². The molecule has 1 aromatic carbocycles. The normalized spacial score (nSPS) is 27.2. The molecule has 13 heteroatoms. The summed E-state index contributed by atoms with van der Waals surface area (Å²) in [6.45, 7) is 0.223. The molecule has 10 nitrogen and oxygen atoms in total. The zero-order valence-electron chi connectivity index (χ0n) is 15.7. The van der Waals surface area contributed by atoms with E-state index in [1.807, 2.05) is 30.3 Å². The van der Waals surface area contributed by atoms with Crippen LogP contribution in [-0.2, 0) is 25.6 Å².